The van der Waals surface area contributed by atoms with Crippen molar-refractivity contribution in [2.24, 2.45) is 22.9 Å². The van der Waals surface area contributed by atoms with E-state index in [2.05, 4.69) is 19.2 Å². The Balaban J connectivity index is 1.84. The van der Waals surface area contributed by atoms with Gasteiger partial charge in [0.15, 0.2) is 0 Å². The van der Waals surface area contributed by atoms with Gasteiger partial charge in [-0.15, -0.1) is 0 Å². The van der Waals surface area contributed by atoms with Gasteiger partial charge in [-0.1, -0.05) is 13.8 Å². The van der Waals surface area contributed by atoms with Crippen LogP contribution in [0.4, 0.5) is 4.39 Å². The molecule has 2 rings (SSSR count). The lowest BCUT2D eigenvalue weighted by atomic mass is 9.79. The molecular weight excluding hydrogens is 325 g/mol. The maximum absolute atomic E-state index is 13.2. The molecule has 0 spiro atoms. The molecule has 2 unspecified atom stereocenters. The van der Waals surface area contributed by atoms with E-state index in [9.17, 15) is 9.18 Å². The lowest BCUT2D eigenvalue weighted by Crippen LogP contribution is -2.47. The molecule has 0 aromatic carbocycles. The predicted molar refractivity (Wildman–Crippen MR) is 94.6 cm³/mol. The van der Waals surface area contributed by atoms with Crippen LogP contribution in [0.3, 0.4) is 0 Å². The summed E-state index contributed by atoms with van der Waals surface area (Å²) < 4.78 is 13.2. The first-order valence-electron chi connectivity index (χ1n) is 8.97. The number of nitrogens with zero attached hydrogens (tertiary/aromatic N) is 2. The van der Waals surface area contributed by atoms with Crippen LogP contribution in [0.1, 0.15) is 33.1 Å². The molecule has 25 heavy (non-hydrogen) atoms. The number of likely N-dealkylation sites (tertiary alicyclic amines) is 1. The number of carbonyl (C=O) groups is 1. The molecule has 2 aliphatic rings. The summed E-state index contributed by atoms with van der Waals surface area (Å²) >= 11 is 0. The van der Waals surface area contributed by atoms with Gasteiger partial charge >= 0.3 is 0 Å². The molecule has 1 aliphatic carbocycles. The lowest BCUT2D eigenvalue weighted by molar-refractivity contribution is -0.129. The number of aliphatic hydroxyl groups excluding tert-OH is 1. The van der Waals surface area contributed by atoms with Crippen LogP contribution < -0.4 is 16.9 Å². The van der Waals surface area contributed by atoms with Crippen LogP contribution in [0.25, 0.3) is 0 Å². The Bertz CT molecular complexity index is 499. The topological polar surface area (TPSA) is 108 Å². The number of hydrogen-bond donors (Lipinski definition) is 4. The van der Waals surface area contributed by atoms with Crippen LogP contribution in [0, 0.1) is 11.3 Å². The Morgan fingerprint density at radius 2 is 2.16 bits per heavy atom. The quantitative estimate of drug-likeness (QED) is 0.375. The molecule has 0 radical (unpaired) electrons. The van der Waals surface area contributed by atoms with Crippen LogP contribution in [-0.2, 0) is 4.79 Å². The fourth-order valence-corrected chi connectivity index (χ4v) is 3.92. The van der Waals surface area contributed by atoms with E-state index in [0.717, 1.165) is 12.8 Å². The first-order chi connectivity index (χ1) is 11.7. The monoisotopic (exact) mass is 357 g/mol. The average molecular weight is 357 g/mol. The van der Waals surface area contributed by atoms with Crippen LogP contribution in [-0.4, -0.2) is 65.9 Å². The Labute approximate surface area is 149 Å². The number of halogens is 1. The fraction of sp³-hybridized carbons (Fsp3) is 0.824. The summed E-state index contributed by atoms with van der Waals surface area (Å²) in [5.74, 6) is 6.28. The third-order valence-electron chi connectivity index (χ3n) is 5.68. The molecule has 1 amide bonds. The van der Waals surface area contributed by atoms with E-state index in [0.29, 0.717) is 31.1 Å². The van der Waals surface area contributed by atoms with Gasteiger partial charge in [0.1, 0.15) is 6.17 Å². The highest BCUT2D eigenvalue weighted by Crippen LogP contribution is 2.43. The van der Waals surface area contributed by atoms with Crippen molar-refractivity contribution in [1.82, 2.24) is 15.2 Å². The lowest BCUT2D eigenvalue weighted by Gasteiger charge is -2.35. The molecule has 2 fully saturated rings. The van der Waals surface area contributed by atoms with Crippen LogP contribution in [0.5, 0.6) is 0 Å². The van der Waals surface area contributed by atoms with Crippen molar-refractivity contribution in [1.29, 1.82) is 0 Å². The largest absolute Gasteiger partial charge is 0.399 e. The van der Waals surface area contributed by atoms with Gasteiger partial charge in [0.05, 0.1) is 25.4 Å². The second-order valence-electron chi connectivity index (χ2n) is 7.81. The number of nitrogens with two attached hydrogens (primary N) is 2. The standard InChI is InChI=1S/C17H32FN5O2/c1-17(2)12(8-23(20)10-14(19)11-24)3-4-15(17)21-7-16(25)22-6-5-13(18)9-22/h10,12-13,15,21,24H,3-9,11,19-20H2,1-2H3/b14-10-/t12?,13?,15-/m1/s1. The van der Waals surface area contributed by atoms with Gasteiger partial charge in [-0.05, 0) is 30.6 Å². The minimum Gasteiger partial charge on any atom is -0.399 e. The smallest absolute Gasteiger partial charge is 0.236 e. The Kier molecular flexibility index (Phi) is 6.65. The summed E-state index contributed by atoms with van der Waals surface area (Å²) in [5, 5.41) is 13.9. The van der Waals surface area contributed by atoms with Gasteiger partial charge in [0.2, 0.25) is 5.91 Å². The molecule has 0 aromatic rings. The zero-order chi connectivity index (χ0) is 18.6. The molecule has 1 saturated heterocycles. The second-order valence-corrected chi connectivity index (χ2v) is 7.81. The zero-order valence-corrected chi connectivity index (χ0v) is 15.2. The summed E-state index contributed by atoms with van der Waals surface area (Å²) in [6.07, 6.45) is 3.08. The number of nitrogens with one attached hydrogen (secondary N) is 1. The second kappa shape index (κ2) is 8.33. The Hall–Kier alpha value is -1.38. The number of hydrogen-bond acceptors (Lipinski definition) is 6. The van der Waals surface area contributed by atoms with E-state index < -0.39 is 6.17 Å². The van der Waals surface area contributed by atoms with Crippen molar-refractivity contribution < 1.29 is 14.3 Å². The maximum atomic E-state index is 13.2. The fourth-order valence-electron chi connectivity index (χ4n) is 3.92. The SMILES string of the molecule is CC1(C)C(CN(N)/C=C(\N)CO)CC[C@H]1NCC(=O)N1CCC(F)C1. The average Bonchev–Trinajstić information content (AvgIpc) is 3.09. The van der Waals surface area contributed by atoms with Gasteiger partial charge in [0, 0.05) is 25.3 Å². The van der Waals surface area contributed by atoms with Crippen LogP contribution >= 0.6 is 0 Å². The van der Waals surface area contributed by atoms with Gasteiger partial charge in [0.25, 0.3) is 0 Å². The molecule has 144 valence electrons. The van der Waals surface area contributed by atoms with E-state index in [1.807, 2.05) is 0 Å². The van der Waals surface area contributed by atoms with Crippen molar-refractivity contribution in [3.63, 3.8) is 0 Å². The van der Waals surface area contributed by atoms with Crippen LogP contribution in [0.15, 0.2) is 11.9 Å². The number of carbonyl (C=O) groups excluding carboxylic acids is 1. The molecule has 1 saturated carbocycles. The zero-order valence-electron chi connectivity index (χ0n) is 15.2. The minimum absolute atomic E-state index is 0.0292. The van der Waals surface area contributed by atoms with E-state index in [1.165, 1.54) is 5.01 Å². The Morgan fingerprint density at radius 1 is 1.44 bits per heavy atom. The number of amides is 1. The number of aliphatic hydroxyl groups is 1. The van der Waals surface area contributed by atoms with Crippen molar-refractivity contribution in [3.8, 4) is 0 Å². The van der Waals surface area contributed by atoms with E-state index in [1.54, 1.807) is 11.1 Å². The summed E-state index contributed by atoms with van der Waals surface area (Å²) in [7, 11) is 0. The highest BCUT2D eigenvalue weighted by atomic mass is 19.1. The third-order valence-corrected chi connectivity index (χ3v) is 5.68. The molecule has 8 heteroatoms. The van der Waals surface area contributed by atoms with E-state index in [4.69, 9.17) is 16.7 Å². The number of hydrazine groups is 1. The summed E-state index contributed by atoms with van der Waals surface area (Å²) in [6.45, 7) is 5.74. The minimum atomic E-state index is -0.883. The highest BCUT2D eigenvalue weighted by molar-refractivity contribution is 5.78. The predicted octanol–water partition coefficient (Wildman–Crippen LogP) is -0.0807. The Morgan fingerprint density at radius 3 is 2.76 bits per heavy atom. The van der Waals surface area contributed by atoms with Gasteiger partial charge in [-0.3, -0.25) is 4.79 Å². The third kappa shape index (κ3) is 5.05. The molecule has 0 aromatic heterocycles. The highest BCUT2D eigenvalue weighted by Gasteiger charge is 2.43. The molecule has 7 nitrogen and oxygen atoms in total. The summed E-state index contributed by atoms with van der Waals surface area (Å²) in [5.41, 5.74) is 5.90. The first kappa shape index (κ1) is 19.9. The molecule has 1 aliphatic heterocycles. The van der Waals surface area contributed by atoms with E-state index >= 15 is 0 Å². The van der Waals surface area contributed by atoms with Crippen molar-refractivity contribution in [2.75, 3.05) is 32.8 Å². The van der Waals surface area contributed by atoms with Crippen molar-refractivity contribution in [3.05, 3.63) is 11.9 Å². The van der Waals surface area contributed by atoms with E-state index in [-0.39, 0.29) is 37.1 Å². The maximum Gasteiger partial charge on any atom is 0.236 e. The molecule has 1 heterocycles. The first-order valence-corrected chi connectivity index (χ1v) is 8.97. The normalized spacial score (nSPS) is 29.2. The summed E-state index contributed by atoms with van der Waals surface area (Å²) in [4.78, 5) is 13.8. The molecule has 0 bridgehead atoms. The van der Waals surface area contributed by atoms with Crippen molar-refractivity contribution in [2.45, 2.75) is 45.3 Å². The van der Waals surface area contributed by atoms with Crippen LogP contribution in [0.2, 0.25) is 0 Å². The number of rotatable bonds is 7. The summed E-state index contributed by atoms with van der Waals surface area (Å²) in [6, 6.07) is 0.206. The van der Waals surface area contributed by atoms with Gasteiger partial charge in [-0.2, -0.15) is 0 Å². The molecular formula is C17H32FN5O2. The number of alkyl halides is 1. The molecule has 3 atom stereocenters. The van der Waals surface area contributed by atoms with Gasteiger partial charge in [-0.25, -0.2) is 10.2 Å². The molecule has 6 N–H and O–H groups in total. The van der Waals surface area contributed by atoms with Gasteiger partial charge < -0.3 is 26.1 Å². The van der Waals surface area contributed by atoms with Crippen molar-refractivity contribution >= 4 is 5.91 Å².